The molecule has 0 fully saturated rings. The molecule has 0 radical (unpaired) electrons. The molecule has 0 aliphatic heterocycles. The lowest BCUT2D eigenvalue weighted by molar-refractivity contribution is -0.158. The van der Waals surface area contributed by atoms with E-state index in [-0.39, 0.29) is 5.92 Å². The molecule has 1 unspecified atom stereocenters. The van der Waals surface area contributed by atoms with Crippen molar-refractivity contribution in [2.24, 2.45) is 5.92 Å². The quantitative estimate of drug-likeness (QED) is 0.479. The summed E-state index contributed by atoms with van der Waals surface area (Å²) in [7, 11) is 0. The van der Waals surface area contributed by atoms with Crippen molar-refractivity contribution < 1.29 is 24.2 Å². The minimum absolute atomic E-state index is 0.0414. The Morgan fingerprint density at radius 3 is 2.18 bits per heavy atom. The smallest absolute Gasteiger partial charge is 0.329 e. The molecule has 1 amide bonds. The highest BCUT2D eigenvalue weighted by Crippen LogP contribution is 2.13. The summed E-state index contributed by atoms with van der Waals surface area (Å²) < 4.78 is 5.34. The van der Waals surface area contributed by atoms with Crippen LogP contribution in [-0.2, 0) is 19.1 Å². The van der Waals surface area contributed by atoms with E-state index in [2.05, 4.69) is 10.6 Å². The minimum atomic E-state index is -1.12. The standard InChI is InChI=1S/C15H26N2O5/c1-9(2)13(14(21)22-15(4,5)6)17-10(3)7-11(18)16-8-12(19)20/h7,9,13,17H,8H2,1-6H3,(H,16,18)(H,19,20). The van der Waals surface area contributed by atoms with Gasteiger partial charge in [0.1, 0.15) is 18.2 Å². The number of ether oxygens (including phenoxy) is 1. The van der Waals surface area contributed by atoms with Crippen LogP contribution in [0.5, 0.6) is 0 Å². The molecule has 0 aliphatic rings. The number of rotatable bonds is 7. The third-order valence-corrected chi connectivity index (χ3v) is 2.47. The van der Waals surface area contributed by atoms with E-state index >= 15 is 0 Å². The number of carbonyl (C=O) groups excluding carboxylic acids is 2. The van der Waals surface area contributed by atoms with Gasteiger partial charge in [-0.2, -0.15) is 0 Å². The molecular formula is C15H26N2O5. The van der Waals surface area contributed by atoms with Crippen LogP contribution in [0.15, 0.2) is 11.8 Å². The molecule has 0 aromatic carbocycles. The van der Waals surface area contributed by atoms with E-state index in [0.29, 0.717) is 5.70 Å². The summed E-state index contributed by atoms with van der Waals surface area (Å²) in [6.07, 6.45) is 1.21. The molecule has 3 N–H and O–H groups in total. The number of carboxylic acids is 1. The third kappa shape index (κ3) is 8.99. The number of amides is 1. The van der Waals surface area contributed by atoms with Gasteiger partial charge >= 0.3 is 11.9 Å². The predicted molar refractivity (Wildman–Crippen MR) is 82.0 cm³/mol. The van der Waals surface area contributed by atoms with Gasteiger partial charge in [-0.25, -0.2) is 4.79 Å². The fraction of sp³-hybridized carbons (Fsp3) is 0.667. The van der Waals surface area contributed by atoms with Crippen LogP contribution in [0.2, 0.25) is 0 Å². The Morgan fingerprint density at radius 1 is 1.23 bits per heavy atom. The topological polar surface area (TPSA) is 105 Å². The van der Waals surface area contributed by atoms with Crippen molar-refractivity contribution in [2.75, 3.05) is 6.54 Å². The van der Waals surface area contributed by atoms with Crippen molar-refractivity contribution in [2.45, 2.75) is 53.2 Å². The molecule has 0 heterocycles. The van der Waals surface area contributed by atoms with E-state index in [4.69, 9.17) is 9.84 Å². The fourth-order valence-electron chi connectivity index (χ4n) is 1.56. The average molecular weight is 314 g/mol. The van der Waals surface area contributed by atoms with Crippen LogP contribution in [0, 0.1) is 5.92 Å². The molecule has 0 saturated heterocycles. The first-order chi connectivity index (χ1) is 9.92. The van der Waals surface area contributed by atoms with E-state index in [0.717, 1.165) is 0 Å². The lowest BCUT2D eigenvalue weighted by Gasteiger charge is -2.27. The van der Waals surface area contributed by atoms with Crippen LogP contribution in [-0.4, -0.2) is 41.1 Å². The van der Waals surface area contributed by atoms with Gasteiger partial charge in [-0.15, -0.1) is 0 Å². The molecule has 126 valence electrons. The average Bonchev–Trinajstić information content (AvgIpc) is 2.30. The number of allylic oxidation sites excluding steroid dienone is 1. The lowest BCUT2D eigenvalue weighted by Crippen LogP contribution is -2.44. The van der Waals surface area contributed by atoms with E-state index in [1.165, 1.54) is 6.08 Å². The van der Waals surface area contributed by atoms with Crippen LogP contribution >= 0.6 is 0 Å². The van der Waals surface area contributed by atoms with Crippen LogP contribution in [0.1, 0.15) is 41.5 Å². The lowest BCUT2D eigenvalue weighted by atomic mass is 10.0. The van der Waals surface area contributed by atoms with Gasteiger partial charge < -0.3 is 20.5 Å². The van der Waals surface area contributed by atoms with Crippen molar-refractivity contribution in [3.8, 4) is 0 Å². The fourth-order valence-corrected chi connectivity index (χ4v) is 1.56. The van der Waals surface area contributed by atoms with Gasteiger partial charge in [-0.3, -0.25) is 9.59 Å². The van der Waals surface area contributed by atoms with Crippen LogP contribution in [0.4, 0.5) is 0 Å². The normalized spacial score (nSPS) is 13.5. The first-order valence-electron chi connectivity index (χ1n) is 7.09. The molecule has 0 aliphatic carbocycles. The Hall–Kier alpha value is -2.05. The van der Waals surface area contributed by atoms with Crippen molar-refractivity contribution in [3.05, 3.63) is 11.8 Å². The van der Waals surface area contributed by atoms with Crippen LogP contribution in [0.25, 0.3) is 0 Å². The monoisotopic (exact) mass is 314 g/mol. The molecular weight excluding hydrogens is 288 g/mol. The van der Waals surface area contributed by atoms with Crippen molar-refractivity contribution >= 4 is 17.8 Å². The van der Waals surface area contributed by atoms with Crippen molar-refractivity contribution in [1.29, 1.82) is 0 Å². The van der Waals surface area contributed by atoms with Crippen LogP contribution < -0.4 is 10.6 Å². The second kappa shape index (κ2) is 8.41. The Balaban J connectivity index is 4.77. The van der Waals surface area contributed by atoms with E-state index in [1.807, 2.05) is 13.8 Å². The zero-order valence-electron chi connectivity index (χ0n) is 14.0. The highest BCUT2D eigenvalue weighted by atomic mass is 16.6. The van der Waals surface area contributed by atoms with E-state index in [1.54, 1.807) is 27.7 Å². The molecule has 22 heavy (non-hydrogen) atoms. The van der Waals surface area contributed by atoms with E-state index in [9.17, 15) is 14.4 Å². The highest BCUT2D eigenvalue weighted by molar-refractivity contribution is 5.90. The summed E-state index contributed by atoms with van der Waals surface area (Å²) in [4.78, 5) is 34.0. The first kappa shape index (κ1) is 19.9. The summed E-state index contributed by atoms with van der Waals surface area (Å²) in [5.74, 6) is -2.11. The molecule has 0 spiro atoms. The number of esters is 1. The number of hydrogen-bond donors (Lipinski definition) is 3. The second-order valence-electron chi connectivity index (χ2n) is 6.34. The van der Waals surface area contributed by atoms with Gasteiger partial charge in [0, 0.05) is 11.8 Å². The van der Waals surface area contributed by atoms with Gasteiger partial charge in [0.05, 0.1) is 0 Å². The minimum Gasteiger partial charge on any atom is -0.480 e. The molecule has 7 nitrogen and oxygen atoms in total. The zero-order valence-corrected chi connectivity index (χ0v) is 14.0. The number of aliphatic carboxylic acids is 1. The Morgan fingerprint density at radius 2 is 1.77 bits per heavy atom. The summed E-state index contributed by atoms with van der Waals surface area (Å²) in [5, 5.41) is 13.6. The predicted octanol–water partition coefficient (Wildman–Crippen LogP) is 1.05. The Kier molecular flexibility index (Phi) is 7.62. The van der Waals surface area contributed by atoms with Crippen LogP contribution in [0.3, 0.4) is 0 Å². The maximum Gasteiger partial charge on any atom is 0.329 e. The second-order valence-corrected chi connectivity index (χ2v) is 6.34. The third-order valence-electron chi connectivity index (χ3n) is 2.47. The van der Waals surface area contributed by atoms with Gasteiger partial charge in [0.15, 0.2) is 0 Å². The number of carboxylic acid groups (broad SMARTS) is 1. The number of carbonyl (C=O) groups is 3. The van der Waals surface area contributed by atoms with Crippen molar-refractivity contribution in [3.63, 3.8) is 0 Å². The maximum absolute atomic E-state index is 12.1. The van der Waals surface area contributed by atoms with Gasteiger partial charge in [0.25, 0.3) is 0 Å². The summed E-state index contributed by atoms with van der Waals surface area (Å²) in [6, 6.07) is -0.595. The van der Waals surface area contributed by atoms with Gasteiger partial charge in [0.2, 0.25) is 5.91 Å². The molecule has 7 heteroatoms. The largest absolute Gasteiger partial charge is 0.480 e. The zero-order chi connectivity index (χ0) is 17.5. The molecule has 0 bridgehead atoms. The van der Waals surface area contributed by atoms with Gasteiger partial charge in [-0.05, 0) is 33.6 Å². The van der Waals surface area contributed by atoms with Gasteiger partial charge in [-0.1, -0.05) is 13.8 Å². The number of hydrogen-bond acceptors (Lipinski definition) is 5. The SMILES string of the molecule is CC(=CC(=O)NCC(=O)O)NC(C(=O)OC(C)(C)C)C(C)C. The maximum atomic E-state index is 12.1. The molecule has 0 rings (SSSR count). The Labute approximate surface area is 131 Å². The summed E-state index contributed by atoms with van der Waals surface area (Å²) in [5.41, 5.74) is -0.144. The molecule has 0 aromatic heterocycles. The van der Waals surface area contributed by atoms with Crippen molar-refractivity contribution in [1.82, 2.24) is 10.6 Å². The number of nitrogens with one attached hydrogen (secondary N) is 2. The van der Waals surface area contributed by atoms with E-state index < -0.39 is 36.0 Å². The molecule has 1 atom stereocenters. The summed E-state index contributed by atoms with van der Waals surface area (Å²) >= 11 is 0. The molecule has 0 aromatic rings. The highest BCUT2D eigenvalue weighted by Gasteiger charge is 2.27. The molecule has 0 saturated carbocycles. The summed E-state index contributed by atoms with van der Waals surface area (Å²) in [6.45, 7) is 10.2. The first-order valence-corrected chi connectivity index (χ1v) is 7.09. The Bertz CT molecular complexity index is 449.